The molecule has 2 aromatic rings. The number of carboxylic acid groups (broad SMARTS) is 1. The minimum absolute atomic E-state index is 0.271. The van der Waals surface area contributed by atoms with Gasteiger partial charge in [0.05, 0.1) is 0 Å². The topological polar surface area (TPSA) is 211 Å². The number of ether oxygens (including phenoxy) is 2. The number of aliphatic carboxylic acids is 1. The van der Waals surface area contributed by atoms with Crippen molar-refractivity contribution >= 4 is 30.1 Å². The molecule has 3 rings (SSSR count). The molecule has 1 fully saturated rings. The van der Waals surface area contributed by atoms with Gasteiger partial charge in [-0.1, -0.05) is 12.1 Å². The Labute approximate surface area is 209 Å². The number of phenolic OH excluding ortho intramolecular Hbond substituents is 4. The molecule has 12 heteroatoms. The molecular formula is C25H24O12. The predicted molar refractivity (Wildman–Crippen MR) is 125 cm³/mol. The highest BCUT2D eigenvalue weighted by atomic mass is 16.6. The normalized spacial score (nSPS) is 23.7. The van der Waals surface area contributed by atoms with E-state index in [2.05, 4.69) is 0 Å². The quantitative estimate of drug-likeness (QED) is 0.156. The van der Waals surface area contributed by atoms with Gasteiger partial charge in [0.1, 0.15) is 12.2 Å². The summed E-state index contributed by atoms with van der Waals surface area (Å²) in [5.74, 6) is -5.38. The number of carbonyl (C=O) groups is 3. The first-order valence-corrected chi connectivity index (χ1v) is 10.9. The van der Waals surface area contributed by atoms with Gasteiger partial charge in [0.2, 0.25) is 0 Å². The molecule has 1 aliphatic carbocycles. The van der Waals surface area contributed by atoms with Crippen LogP contribution >= 0.6 is 0 Å². The molecule has 2 aromatic carbocycles. The van der Waals surface area contributed by atoms with Crippen LogP contribution in [0.1, 0.15) is 24.0 Å². The lowest BCUT2D eigenvalue weighted by Gasteiger charge is -2.41. The van der Waals surface area contributed by atoms with E-state index in [1.807, 2.05) is 0 Å². The van der Waals surface area contributed by atoms with E-state index in [0.717, 1.165) is 18.2 Å². The zero-order chi connectivity index (χ0) is 27.3. The Bertz CT molecular complexity index is 1250. The number of hydrogen-bond donors (Lipinski definition) is 7. The molecule has 196 valence electrons. The molecule has 0 radical (unpaired) electrons. The SMILES string of the molecule is O=C(C=Cc1ccc(O)c(O)c1)OC1CCC(O)(C(=O)O)C(O)C1OC(=O)C=Cc1ccc(O)c(O)c1. The maximum Gasteiger partial charge on any atom is 0.338 e. The third-order valence-electron chi connectivity index (χ3n) is 5.69. The van der Waals surface area contributed by atoms with Gasteiger partial charge < -0.3 is 45.2 Å². The number of phenols is 4. The number of esters is 2. The fourth-order valence-electron chi connectivity index (χ4n) is 3.63. The second-order valence-electron chi connectivity index (χ2n) is 8.25. The van der Waals surface area contributed by atoms with Gasteiger partial charge >= 0.3 is 17.9 Å². The fraction of sp³-hybridized carbons (Fsp3) is 0.240. The van der Waals surface area contributed by atoms with E-state index in [1.165, 1.54) is 42.5 Å². The molecular weight excluding hydrogens is 492 g/mol. The van der Waals surface area contributed by atoms with Crippen LogP contribution in [0.25, 0.3) is 12.2 Å². The molecule has 0 bridgehead atoms. The average Bonchev–Trinajstić information content (AvgIpc) is 2.85. The monoisotopic (exact) mass is 516 g/mol. The number of aliphatic hydroxyl groups excluding tert-OH is 1. The Morgan fingerprint density at radius 2 is 1.30 bits per heavy atom. The molecule has 0 amide bonds. The van der Waals surface area contributed by atoms with Crippen LogP contribution in [0.15, 0.2) is 48.6 Å². The molecule has 0 saturated heterocycles. The molecule has 0 heterocycles. The smallest absolute Gasteiger partial charge is 0.338 e. The molecule has 7 N–H and O–H groups in total. The van der Waals surface area contributed by atoms with Crippen LogP contribution in [0.5, 0.6) is 23.0 Å². The Morgan fingerprint density at radius 3 is 1.76 bits per heavy atom. The summed E-state index contributed by atoms with van der Waals surface area (Å²) in [4.78, 5) is 36.3. The number of aromatic hydroxyl groups is 4. The van der Waals surface area contributed by atoms with Crippen molar-refractivity contribution in [1.29, 1.82) is 0 Å². The number of rotatable bonds is 7. The first-order valence-electron chi connectivity index (χ1n) is 10.9. The molecule has 0 spiro atoms. The standard InChI is InChI=1S/C25H24O12/c26-15-5-1-13(11-17(15)28)3-7-20(30)36-19-9-10-25(35,24(33)34)23(32)22(19)37-21(31)8-4-14-2-6-16(27)18(29)12-14/h1-8,11-12,19,22-23,26-29,32,35H,9-10H2,(H,33,34). The second kappa shape index (κ2) is 11.0. The Balaban J connectivity index is 1.75. The third kappa shape index (κ3) is 6.37. The van der Waals surface area contributed by atoms with Gasteiger partial charge in [-0.25, -0.2) is 14.4 Å². The number of carbonyl (C=O) groups excluding carboxylic acids is 2. The highest BCUT2D eigenvalue weighted by molar-refractivity contribution is 5.88. The fourth-order valence-corrected chi connectivity index (χ4v) is 3.63. The molecule has 37 heavy (non-hydrogen) atoms. The summed E-state index contributed by atoms with van der Waals surface area (Å²) in [7, 11) is 0. The predicted octanol–water partition coefficient (Wildman–Crippen LogP) is 1.03. The lowest BCUT2D eigenvalue weighted by atomic mass is 9.78. The molecule has 0 aromatic heterocycles. The van der Waals surface area contributed by atoms with Crippen LogP contribution in [-0.4, -0.2) is 77.6 Å². The van der Waals surface area contributed by atoms with E-state index < -0.39 is 59.7 Å². The summed E-state index contributed by atoms with van der Waals surface area (Å²) < 4.78 is 10.4. The van der Waals surface area contributed by atoms with E-state index in [1.54, 1.807) is 0 Å². The number of hydrogen-bond acceptors (Lipinski definition) is 11. The van der Waals surface area contributed by atoms with Gasteiger partial charge in [-0.3, -0.25) is 0 Å². The number of carboxylic acids is 1. The lowest BCUT2D eigenvalue weighted by Crippen LogP contribution is -2.63. The lowest BCUT2D eigenvalue weighted by molar-refractivity contribution is -0.219. The van der Waals surface area contributed by atoms with Crippen LogP contribution in [0.2, 0.25) is 0 Å². The van der Waals surface area contributed by atoms with Gasteiger partial charge in [-0.2, -0.15) is 0 Å². The van der Waals surface area contributed by atoms with E-state index in [9.17, 15) is 50.1 Å². The van der Waals surface area contributed by atoms with Crippen molar-refractivity contribution < 1.29 is 59.6 Å². The zero-order valence-corrected chi connectivity index (χ0v) is 19.1. The summed E-state index contributed by atoms with van der Waals surface area (Å²) >= 11 is 0. The van der Waals surface area contributed by atoms with Crippen molar-refractivity contribution in [2.45, 2.75) is 36.8 Å². The van der Waals surface area contributed by atoms with Crippen molar-refractivity contribution in [3.8, 4) is 23.0 Å². The minimum atomic E-state index is -2.67. The van der Waals surface area contributed by atoms with Gasteiger partial charge in [0, 0.05) is 12.2 Å². The second-order valence-corrected chi connectivity index (χ2v) is 8.25. The molecule has 1 saturated carbocycles. The van der Waals surface area contributed by atoms with Gasteiger partial charge in [0.25, 0.3) is 0 Å². The number of aliphatic hydroxyl groups is 2. The summed E-state index contributed by atoms with van der Waals surface area (Å²) in [6, 6.07) is 7.50. The maximum atomic E-state index is 12.4. The van der Waals surface area contributed by atoms with Crippen molar-refractivity contribution in [3.63, 3.8) is 0 Å². The summed E-state index contributed by atoms with van der Waals surface area (Å²) in [6.45, 7) is 0. The highest BCUT2D eigenvalue weighted by Gasteiger charge is 2.55. The third-order valence-corrected chi connectivity index (χ3v) is 5.69. The van der Waals surface area contributed by atoms with Crippen molar-refractivity contribution in [2.24, 2.45) is 0 Å². The molecule has 0 aliphatic heterocycles. The highest BCUT2D eigenvalue weighted by Crippen LogP contribution is 2.34. The minimum Gasteiger partial charge on any atom is -0.504 e. The average molecular weight is 516 g/mol. The van der Waals surface area contributed by atoms with Crippen LogP contribution in [0, 0.1) is 0 Å². The zero-order valence-electron chi connectivity index (χ0n) is 19.1. The van der Waals surface area contributed by atoms with E-state index >= 15 is 0 Å². The van der Waals surface area contributed by atoms with Crippen LogP contribution in [-0.2, 0) is 23.9 Å². The Kier molecular flexibility index (Phi) is 8.05. The van der Waals surface area contributed by atoms with Crippen molar-refractivity contribution in [1.82, 2.24) is 0 Å². The molecule has 4 unspecified atom stereocenters. The van der Waals surface area contributed by atoms with Crippen molar-refractivity contribution in [2.75, 3.05) is 0 Å². The molecule has 12 nitrogen and oxygen atoms in total. The van der Waals surface area contributed by atoms with Crippen LogP contribution in [0.4, 0.5) is 0 Å². The summed E-state index contributed by atoms with van der Waals surface area (Å²) in [5.41, 5.74) is -2.03. The largest absolute Gasteiger partial charge is 0.504 e. The Morgan fingerprint density at radius 1 is 0.811 bits per heavy atom. The van der Waals surface area contributed by atoms with E-state index in [4.69, 9.17) is 9.47 Å². The van der Waals surface area contributed by atoms with Gasteiger partial charge in [-0.15, -0.1) is 0 Å². The van der Waals surface area contributed by atoms with Crippen molar-refractivity contribution in [3.05, 3.63) is 59.7 Å². The van der Waals surface area contributed by atoms with Crippen LogP contribution in [0.3, 0.4) is 0 Å². The van der Waals surface area contributed by atoms with Gasteiger partial charge in [-0.05, 0) is 60.4 Å². The first kappa shape index (κ1) is 27.0. The van der Waals surface area contributed by atoms with Crippen LogP contribution < -0.4 is 0 Å². The maximum absolute atomic E-state index is 12.4. The van der Waals surface area contributed by atoms with Gasteiger partial charge in [0.15, 0.2) is 34.7 Å². The Hall–Kier alpha value is -4.55. The summed E-state index contributed by atoms with van der Waals surface area (Å²) in [6.07, 6.45) is -1.69. The molecule has 1 aliphatic rings. The van der Waals surface area contributed by atoms with E-state index in [-0.39, 0.29) is 17.9 Å². The first-order chi connectivity index (χ1) is 17.4. The number of benzene rings is 2. The van der Waals surface area contributed by atoms with E-state index in [0.29, 0.717) is 11.1 Å². The summed E-state index contributed by atoms with van der Waals surface area (Å²) in [5, 5.41) is 68.1. The molecule has 4 atom stereocenters.